The Labute approximate surface area is 207 Å². The van der Waals surface area contributed by atoms with Gasteiger partial charge in [-0.25, -0.2) is 9.98 Å². The first-order valence-electron chi connectivity index (χ1n) is 10.7. The van der Waals surface area contributed by atoms with Crippen LogP contribution >= 0.6 is 35.6 Å². The van der Waals surface area contributed by atoms with Crippen molar-refractivity contribution >= 4 is 47.2 Å². The van der Waals surface area contributed by atoms with Crippen molar-refractivity contribution in [2.45, 2.75) is 33.7 Å². The standard InChI is InChI=1S/C22H33ClN6O.HI/c1-4-24-22(26-16-21-27-17(2)18(3)30-21)25-10-7-11-28-12-14-29(15-13-28)20-9-6-5-8-19(20)23;/h5-6,8-9H,4,7,10-16H2,1-3H3,(H2,24,25,26);1H. The first-order valence-corrected chi connectivity index (χ1v) is 11.1. The summed E-state index contributed by atoms with van der Waals surface area (Å²) in [4.78, 5) is 13.9. The molecule has 31 heavy (non-hydrogen) atoms. The molecule has 1 saturated heterocycles. The maximum absolute atomic E-state index is 6.33. The molecule has 7 nitrogen and oxygen atoms in total. The second kappa shape index (κ2) is 13.1. The maximum Gasteiger partial charge on any atom is 0.216 e. The Balaban J connectivity index is 0.00000341. The number of anilines is 1. The molecule has 172 valence electrons. The topological polar surface area (TPSA) is 68.9 Å². The number of aliphatic imine (C=N–C) groups is 1. The molecule has 1 aliphatic rings. The van der Waals surface area contributed by atoms with E-state index in [2.05, 4.69) is 43.4 Å². The number of nitrogens with zero attached hydrogens (tertiary/aromatic N) is 4. The fourth-order valence-corrected chi connectivity index (χ4v) is 3.78. The van der Waals surface area contributed by atoms with Gasteiger partial charge in [0.1, 0.15) is 12.3 Å². The molecule has 0 amide bonds. The van der Waals surface area contributed by atoms with Crippen LogP contribution in [0.3, 0.4) is 0 Å². The van der Waals surface area contributed by atoms with E-state index in [1.54, 1.807) is 0 Å². The van der Waals surface area contributed by atoms with Crippen LogP contribution in [0.25, 0.3) is 0 Å². The second-order valence-corrected chi connectivity index (χ2v) is 7.91. The van der Waals surface area contributed by atoms with E-state index >= 15 is 0 Å². The van der Waals surface area contributed by atoms with Gasteiger partial charge in [-0.05, 0) is 45.9 Å². The summed E-state index contributed by atoms with van der Waals surface area (Å²) in [5, 5.41) is 7.52. The molecule has 3 rings (SSSR count). The largest absolute Gasteiger partial charge is 0.444 e. The highest BCUT2D eigenvalue weighted by molar-refractivity contribution is 14.0. The average molecular weight is 561 g/mol. The molecule has 0 radical (unpaired) electrons. The number of guanidine groups is 1. The van der Waals surface area contributed by atoms with Crippen LogP contribution in [0.5, 0.6) is 0 Å². The molecule has 0 spiro atoms. The van der Waals surface area contributed by atoms with Crippen molar-refractivity contribution in [3.8, 4) is 0 Å². The molecule has 2 aromatic rings. The van der Waals surface area contributed by atoms with Crippen LogP contribution < -0.4 is 15.5 Å². The van der Waals surface area contributed by atoms with E-state index in [0.717, 1.165) is 80.4 Å². The summed E-state index contributed by atoms with van der Waals surface area (Å²) in [6.07, 6.45) is 1.06. The molecule has 2 N–H and O–H groups in total. The van der Waals surface area contributed by atoms with E-state index in [4.69, 9.17) is 16.0 Å². The number of piperazine rings is 1. The van der Waals surface area contributed by atoms with Gasteiger partial charge in [-0.2, -0.15) is 0 Å². The lowest BCUT2D eigenvalue weighted by Gasteiger charge is -2.36. The number of benzene rings is 1. The minimum absolute atomic E-state index is 0. The number of oxazole rings is 1. The van der Waals surface area contributed by atoms with Gasteiger partial charge in [0.05, 0.1) is 16.4 Å². The highest BCUT2D eigenvalue weighted by Crippen LogP contribution is 2.25. The predicted molar refractivity (Wildman–Crippen MR) is 139 cm³/mol. The minimum atomic E-state index is 0. The number of para-hydroxylation sites is 1. The number of aromatic nitrogens is 1. The molecule has 0 atom stereocenters. The van der Waals surface area contributed by atoms with E-state index in [0.29, 0.717) is 12.4 Å². The Morgan fingerprint density at radius 2 is 1.90 bits per heavy atom. The number of hydrogen-bond acceptors (Lipinski definition) is 5. The third-order valence-electron chi connectivity index (χ3n) is 5.30. The second-order valence-electron chi connectivity index (χ2n) is 7.50. The fraction of sp³-hybridized carbons (Fsp3) is 0.545. The van der Waals surface area contributed by atoms with Gasteiger partial charge in [0.2, 0.25) is 5.89 Å². The smallest absolute Gasteiger partial charge is 0.216 e. The first-order chi connectivity index (χ1) is 14.6. The molecular weight excluding hydrogens is 527 g/mol. The van der Waals surface area contributed by atoms with Crippen LogP contribution in [0.4, 0.5) is 5.69 Å². The first kappa shape index (κ1) is 25.7. The van der Waals surface area contributed by atoms with Gasteiger partial charge >= 0.3 is 0 Å². The van der Waals surface area contributed by atoms with Crippen LogP contribution in [0.15, 0.2) is 33.7 Å². The number of hydrogen-bond donors (Lipinski definition) is 2. The zero-order valence-corrected chi connectivity index (χ0v) is 21.7. The number of halogens is 2. The summed E-state index contributed by atoms with van der Waals surface area (Å²) >= 11 is 6.33. The Hall–Kier alpha value is -1.52. The van der Waals surface area contributed by atoms with Gasteiger partial charge in [-0.1, -0.05) is 23.7 Å². The minimum Gasteiger partial charge on any atom is -0.444 e. The van der Waals surface area contributed by atoms with Gasteiger partial charge in [-0.3, -0.25) is 4.90 Å². The zero-order chi connectivity index (χ0) is 21.3. The Bertz CT molecular complexity index is 816. The third-order valence-corrected chi connectivity index (χ3v) is 5.62. The molecule has 0 unspecified atom stereocenters. The average Bonchev–Trinajstić information content (AvgIpc) is 3.07. The molecule has 1 fully saturated rings. The summed E-state index contributed by atoms with van der Waals surface area (Å²) in [6.45, 7) is 13.3. The number of rotatable bonds is 8. The predicted octanol–water partition coefficient (Wildman–Crippen LogP) is 3.83. The Morgan fingerprint density at radius 1 is 1.16 bits per heavy atom. The van der Waals surface area contributed by atoms with Crippen molar-refractivity contribution in [3.05, 3.63) is 46.6 Å². The molecule has 2 heterocycles. The quantitative estimate of drug-likeness (QED) is 0.221. The normalized spacial score (nSPS) is 15.0. The molecule has 1 aliphatic heterocycles. The van der Waals surface area contributed by atoms with E-state index in [1.165, 1.54) is 0 Å². The lowest BCUT2D eigenvalue weighted by Crippen LogP contribution is -2.47. The van der Waals surface area contributed by atoms with Crippen LogP contribution in [0.1, 0.15) is 30.7 Å². The summed E-state index contributed by atoms with van der Waals surface area (Å²) in [6, 6.07) is 8.09. The van der Waals surface area contributed by atoms with Gasteiger partial charge in [0.25, 0.3) is 0 Å². The highest BCUT2D eigenvalue weighted by atomic mass is 127. The number of aryl methyl sites for hydroxylation is 2. The van der Waals surface area contributed by atoms with E-state index in [9.17, 15) is 0 Å². The van der Waals surface area contributed by atoms with E-state index in [1.807, 2.05) is 32.0 Å². The highest BCUT2D eigenvalue weighted by Gasteiger charge is 2.18. The number of nitrogens with one attached hydrogen (secondary N) is 2. The summed E-state index contributed by atoms with van der Waals surface area (Å²) in [7, 11) is 0. The van der Waals surface area contributed by atoms with Crippen LogP contribution in [0, 0.1) is 13.8 Å². The Morgan fingerprint density at radius 3 is 2.55 bits per heavy atom. The van der Waals surface area contributed by atoms with Crippen LogP contribution in [0.2, 0.25) is 5.02 Å². The van der Waals surface area contributed by atoms with E-state index < -0.39 is 0 Å². The van der Waals surface area contributed by atoms with Crippen molar-refractivity contribution < 1.29 is 4.42 Å². The third kappa shape index (κ3) is 7.84. The van der Waals surface area contributed by atoms with Crippen LogP contribution in [-0.4, -0.2) is 61.7 Å². The summed E-state index contributed by atoms with van der Waals surface area (Å²) in [5.41, 5.74) is 2.07. The van der Waals surface area contributed by atoms with Crippen molar-refractivity contribution in [1.29, 1.82) is 0 Å². The summed E-state index contributed by atoms with van der Waals surface area (Å²) < 4.78 is 5.60. The van der Waals surface area contributed by atoms with Crippen molar-refractivity contribution in [3.63, 3.8) is 0 Å². The fourth-order valence-electron chi connectivity index (χ4n) is 3.53. The molecule has 1 aromatic heterocycles. The van der Waals surface area contributed by atoms with Crippen molar-refractivity contribution in [2.24, 2.45) is 4.99 Å². The van der Waals surface area contributed by atoms with Gasteiger partial charge in [0, 0.05) is 39.3 Å². The lowest BCUT2D eigenvalue weighted by atomic mass is 10.2. The van der Waals surface area contributed by atoms with Crippen LogP contribution in [-0.2, 0) is 6.54 Å². The molecule has 0 bridgehead atoms. The Kier molecular flexibility index (Phi) is 10.9. The molecule has 1 aromatic carbocycles. The molecular formula is C22H34ClIN6O. The van der Waals surface area contributed by atoms with Crippen molar-refractivity contribution in [1.82, 2.24) is 20.5 Å². The molecule has 0 saturated carbocycles. The monoisotopic (exact) mass is 560 g/mol. The molecule has 0 aliphatic carbocycles. The zero-order valence-electron chi connectivity index (χ0n) is 18.7. The van der Waals surface area contributed by atoms with Crippen molar-refractivity contribution in [2.75, 3.05) is 50.7 Å². The molecule has 9 heteroatoms. The van der Waals surface area contributed by atoms with E-state index in [-0.39, 0.29) is 24.0 Å². The maximum atomic E-state index is 6.33. The van der Waals surface area contributed by atoms with Gasteiger partial charge < -0.3 is 20.0 Å². The SMILES string of the molecule is CCNC(=NCc1nc(C)c(C)o1)NCCCN1CCN(c2ccccc2Cl)CC1.I. The summed E-state index contributed by atoms with van der Waals surface area (Å²) in [5.74, 6) is 2.31. The van der Waals surface area contributed by atoms with Gasteiger partial charge in [0.15, 0.2) is 5.96 Å². The lowest BCUT2D eigenvalue weighted by molar-refractivity contribution is 0.255. The van der Waals surface area contributed by atoms with Gasteiger partial charge in [-0.15, -0.1) is 24.0 Å².